The second-order valence-corrected chi connectivity index (χ2v) is 4.07. The van der Waals surface area contributed by atoms with Crippen LogP contribution in [0, 0.1) is 0 Å². The first-order valence-corrected chi connectivity index (χ1v) is 5.74. The summed E-state index contributed by atoms with van der Waals surface area (Å²) in [5, 5.41) is 9.08. The Balaban J connectivity index is 3.37. The number of carbonyl (C=O) groups is 1. The summed E-state index contributed by atoms with van der Waals surface area (Å²) in [5.41, 5.74) is 0. The number of hydrogen-bond acceptors (Lipinski definition) is 2. The predicted octanol–water partition coefficient (Wildman–Crippen LogP) is 2.77. The topological polar surface area (TPSA) is 37.3 Å². The van der Waals surface area contributed by atoms with Gasteiger partial charge in [-0.05, 0) is 25.5 Å². The molecule has 0 aliphatic rings. The molecule has 0 saturated heterocycles. The summed E-state index contributed by atoms with van der Waals surface area (Å²) < 4.78 is 0. The fraction of sp³-hybridized carbons (Fsp3) is 0.889. The van der Waals surface area contributed by atoms with Crippen molar-refractivity contribution in [3.8, 4) is 0 Å². The second kappa shape index (κ2) is 7.47. The van der Waals surface area contributed by atoms with Gasteiger partial charge in [0.1, 0.15) is 0 Å². The molecule has 0 aromatic heterocycles. The molecule has 2 nitrogen and oxygen atoms in total. The van der Waals surface area contributed by atoms with Crippen LogP contribution in [0.1, 0.15) is 39.0 Å². The van der Waals surface area contributed by atoms with Gasteiger partial charge in [-0.25, -0.2) is 0 Å². The molecular weight excluding hydrogens is 172 g/mol. The van der Waals surface area contributed by atoms with E-state index in [2.05, 4.69) is 13.2 Å². The lowest BCUT2D eigenvalue weighted by molar-refractivity contribution is -0.137. The van der Waals surface area contributed by atoms with E-state index in [-0.39, 0.29) is 0 Å². The van der Waals surface area contributed by atoms with Crippen molar-refractivity contribution in [2.24, 2.45) is 0 Å². The molecule has 1 unspecified atom stereocenters. The van der Waals surface area contributed by atoms with E-state index in [9.17, 15) is 4.79 Å². The van der Waals surface area contributed by atoms with Gasteiger partial charge in [-0.1, -0.05) is 13.3 Å². The molecule has 1 N–H and O–H groups in total. The molecule has 72 valence electrons. The monoisotopic (exact) mass is 190 g/mol. The highest BCUT2D eigenvalue weighted by Crippen LogP contribution is 2.19. The summed E-state index contributed by atoms with van der Waals surface area (Å²) in [6.45, 7) is 2.17. The van der Waals surface area contributed by atoms with Gasteiger partial charge < -0.3 is 5.11 Å². The molecule has 0 saturated carbocycles. The molecule has 0 spiro atoms. The zero-order valence-electron chi connectivity index (χ0n) is 7.88. The molecule has 0 aromatic rings. The Hall–Kier alpha value is -0.180. The summed E-state index contributed by atoms with van der Waals surface area (Å²) >= 11 is 1.85. The highest BCUT2D eigenvalue weighted by Gasteiger charge is 2.06. The molecule has 0 rings (SSSR count). The molecule has 0 bridgehead atoms. The fourth-order valence-electron chi connectivity index (χ4n) is 1.18. The maximum absolute atomic E-state index is 10.2. The van der Waals surface area contributed by atoms with Gasteiger partial charge in [0.2, 0.25) is 0 Å². The first-order chi connectivity index (χ1) is 5.70. The third-order valence-electron chi connectivity index (χ3n) is 1.86. The van der Waals surface area contributed by atoms with Gasteiger partial charge in [-0.3, -0.25) is 4.79 Å². The van der Waals surface area contributed by atoms with Crippen molar-refractivity contribution in [1.29, 1.82) is 0 Å². The number of aliphatic carboxylic acids is 1. The maximum Gasteiger partial charge on any atom is 0.303 e. The fourth-order valence-corrected chi connectivity index (χ4v) is 2.06. The summed E-state index contributed by atoms with van der Waals surface area (Å²) in [4.78, 5) is 10.2. The molecule has 12 heavy (non-hydrogen) atoms. The van der Waals surface area contributed by atoms with E-state index in [1.165, 1.54) is 12.8 Å². The average Bonchev–Trinajstić information content (AvgIpc) is 2.02. The number of carboxylic acids is 1. The van der Waals surface area contributed by atoms with Crippen LogP contribution in [0.2, 0.25) is 0 Å². The maximum atomic E-state index is 10.2. The Morgan fingerprint density at radius 1 is 1.50 bits per heavy atom. The standard InChI is InChI=1S/C9H18O2S/c1-3-5-8(12-2)6-4-7-9(10)11/h8H,3-7H2,1-2H3,(H,10,11). The highest BCUT2D eigenvalue weighted by molar-refractivity contribution is 7.99. The minimum atomic E-state index is -0.675. The van der Waals surface area contributed by atoms with Crippen LogP contribution in [-0.2, 0) is 4.79 Å². The zero-order chi connectivity index (χ0) is 9.40. The Bertz CT molecular complexity index is 126. The molecule has 0 aliphatic heterocycles. The number of hydrogen-bond donors (Lipinski definition) is 1. The van der Waals surface area contributed by atoms with Crippen LogP contribution < -0.4 is 0 Å². The van der Waals surface area contributed by atoms with Crippen LogP contribution >= 0.6 is 11.8 Å². The molecule has 3 heteroatoms. The Morgan fingerprint density at radius 2 is 2.17 bits per heavy atom. The van der Waals surface area contributed by atoms with Gasteiger partial charge in [0, 0.05) is 11.7 Å². The largest absolute Gasteiger partial charge is 0.481 e. The number of thioether (sulfide) groups is 1. The first kappa shape index (κ1) is 11.8. The van der Waals surface area contributed by atoms with Crippen LogP contribution in [0.3, 0.4) is 0 Å². The molecule has 0 aromatic carbocycles. The third-order valence-corrected chi connectivity index (χ3v) is 3.00. The van der Waals surface area contributed by atoms with Crippen molar-refractivity contribution >= 4 is 17.7 Å². The summed E-state index contributed by atoms with van der Waals surface area (Å²) in [6, 6.07) is 0. The lowest BCUT2D eigenvalue weighted by Crippen LogP contribution is -2.03. The van der Waals surface area contributed by atoms with E-state index in [1.807, 2.05) is 11.8 Å². The van der Waals surface area contributed by atoms with Gasteiger partial charge in [0.25, 0.3) is 0 Å². The van der Waals surface area contributed by atoms with Crippen molar-refractivity contribution in [3.05, 3.63) is 0 Å². The van der Waals surface area contributed by atoms with E-state index >= 15 is 0 Å². The quantitative estimate of drug-likeness (QED) is 0.670. The molecule has 0 radical (unpaired) electrons. The smallest absolute Gasteiger partial charge is 0.303 e. The lowest BCUT2D eigenvalue weighted by Gasteiger charge is -2.11. The van der Waals surface area contributed by atoms with E-state index in [0.717, 1.165) is 12.8 Å². The Morgan fingerprint density at radius 3 is 2.58 bits per heavy atom. The van der Waals surface area contributed by atoms with Gasteiger partial charge in [-0.2, -0.15) is 11.8 Å². The Labute approximate surface area is 78.7 Å². The second-order valence-electron chi connectivity index (χ2n) is 2.93. The summed E-state index contributed by atoms with van der Waals surface area (Å²) in [7, 11) is 0. The van der Waals surface area contributed by atoms with E-state index in [0.29, 0.717) is 11.7 Å². The number of rotatable bonds is 7. The molecule has 0 amide bonds. The van der Waals surface area contributed by atoms with Crippen LogP contribution in [0.15, 0.2) is 0 Å². The molecule has 0 fully saturated rings. The Kier molecular flexibility index (Phi) is 7.36. The normalized spacial score (nSPS) is 12.8. The van der Waals surface area contributed by atoms with Crippen LogP contribution in [-0.4, -0.2) is 22.6 Å². The van der Waals surface area contributed by atoms with Crippen molar-refractivity contribution in [2.75, 3.05) is 6.26 Å². The molecular formula is C9H18O2S. The highest BCUT2D eigenvalue weighted by atomic mass is 32.2. The van der Waals surface area contributed by atoms with Crippen molar-refractivity contribution < 1.29 is 9.90 Å². The minimum Gasteiger partial charge on any atom is -0.481 e. The van der Waals surface area contributed by atoms with Crippen LogP contribution in [0.25, 0.3) is 0 Å². The van der Waals surface area contributed by atoms with Gasteiger partial charge in [0.15, 0.2) is 0 Å². The van der Waals surface area contributed by atoms with E-state index in [4.69, 9.17) is 5.11 Å². The van der Waals surface area contributed by atoms with Gasteiger partial charge in [0.05, 0.1) is 0 Å². The molecule has 1 atom stereocenters. The predicted molar refractivity (Wildman–Crippen MR) is 53.7 cm³/mol. The summed E-state index contributed by atoms with van der Waals surface area (Å²) in [5.74, 6) is -0.675. The van der Waals surface area contributed by atoms with E-state index < -0.39 is 5.97 Å². The van der Waals surface area contributed by atoms with Crippen molar-refractivity contribution in [1.82, 2.24) is 0 Å². The molecule has 0 heterocycles. The average molecular weight is 190 g/mol. The van der Waals surface area contributed by atoms with Crippen molar-refractivity contribution in [3.63, 3.8) is 0 Å². The van der Waals surface area contributed by atoms with Crippen LogP contribution in [0.4, 0.5) is 0 Å². The number of carboxylic acid groups (broad SMARTS) is 1. The van der Waals surface area contributed by atoms with Gasteiger partial charge >= 0.3 is 5.97 Å². The van der Waals surface area contributed by atoms with Crippen LogP contribution in [0.5, 0.6) is 0 Å². The third kappa shape index (κ3) is 6.53. The first-order valence-electron chi connectivity index (χ1n) is 4.45. The molecule has 0 aliphatic carbocycles. The zero-order valence-corrected chi connectivity index (χ0v) is 8.69. The lowest BCUT2D eigenvalue weighted by atomic mass is 10.1. The SMILES string of the molecule is CCCC(CCCC(=O)O)SC. The summed E-state index contributed by atoms with van der Waals surface area (Å²) in [6.07, 6.45) is 6.68. The van der Waals surface area contributed by atoms with E-state index in [1.54, 1.807) is 0 Å². The van der Waals surface area contributed by atoms with Crippen molar-refractivity contribution in [2.45, 2.75) is 44.3 Å². The minimum absolute atomic E-state index is 0.320. The van der Waals surface area contributed by atoms with Gasteiger partial charge in [-0.15, -0.1) is 0 Å².